The van der Waals surface area contributed by atoms with E-state index in [0.717, 1.165) is 18.8 Å². The second kappa shape index (κ2) is 1.96. The Morgan fingerprint density at radius 1 is 1.43 bits per heavy atom. The highest BCUT2D eigenvalue weighted by Gasteiger charge is 2.83. The van der Waals surface area contributed by atoms with Gasteiger partial charge in [-0.2, -0.15) is 0 Å². The van der Waals surface area contributed by atoms with Crippen molar-refractivity contribution in [3.05, 3.63) is 12.2 Å². The highest BCUT2D eigenvalue weighted by Crippen LogP contribution is 2.81. The minimum atomic E-state index is -0.0861. The molecule has 3 fully saturated rings. The molecule has 0 aromatic heterocycles. The first-order valence-corrected chi connectivity index (χ1v) is 5.67. The maximum atomic E-state index is 9.81. The van der Waals surface area contributed by atoms with Crippen LogP contribution in [0.5, 0.6) is 0 Å². The molecule has 0 aliphatic heterocycles. The molecule has 4 aliphatic rings. The van der Waals surface area contributed by atoms with Crippen molar-refractivity contribution in [2.45, 2.75) is 31.0 Å². The number of hydrogen-bond donors (Lipinski definition) is 1. The molecule has 0 aromatic rings. The van der Waals surface area contributed by atoms with E-state index in [-0.39, 0.29) is 17.1 Å². The number of aliphatic hydroxyl groups excluding tert-OH is 1. The molecule has 0 heterocycles. The van der Waals surface area contributed by atoms with E-state index in [1.54, 1.807) is 0 Å². The first-order chi connectivity index (χ1) is 6.74. The maximum Gasteiger partial charge on any atom is 0.0873 e. The van der Waals surface area contributed by atoms with E-state index >= 15 is 0 Å². The average Bonchev–Trinajstić information content (AvgIpc) is 2.37. The van der Waals surface area contributed by atoms with Gasteiger partial charge in [0.15, 0.2) is 0 Å². The second-order valence-electron chi connectivity index (χ2n) is 5.56. The Morgan fingerprint density at radius 2 is 2.29 bits per heavy atom. The fourth-order valence-electron chi connectivity index (χ4n) is 5.07. The maximum absolute atomic E-state index is 9.81. The van der Waals surface area contributed by atoms with Crippen LogP contribution in [0, 0.1) is 23.2 Å². The first-order valence-electron chi connectivity index (χ1n) is 5.67. The van der Waals surface area contributed by atoms with Gasteiger partial charge in [-0.05, 0) is 31.1 Å². The lowest BCUT2D eigenvalue weighted by atomic mass is 9.76. The van der Waals surface area contributed by atoms with Crippen LogP contribution in [0.1, 0.15) is 19.3 Å². The van der Waals surface area contributed by atoms with Crippen LogP contribution < -0.4 is 0 Å². The molecular weight excluding hydrogens is 176 g/mol. The van der Waals surface area contributed by atoms with Gasteiger partial charge >= 0.3 is 0 Å². The Hall–Kier alpha value is -0.340. The summed E-state index contributed by atoms with van der Waals surface area (Å²) < 4.78 is 5.84. The predicted octanol–water partition coefficient (Wildman–Crippen LogP) is 1.35. The number of fused-ring (bicyclic) bond motifs is 1. The third kappa shape index (κ3) is 0.516. The standard InChI is InChI=1S/C12H16O2/c1-14-12-9-2-3-11(12)6-8(13)4-7(11)5-10(9)12/h2-3,7-10,13H,4-6H2,1H3/t7-,8+,9-,10+,11-,12+/m1/s1. The van der Waals surface area contributed by atoms with E-state index in [1.165, 1.54) is 6.42 Å². The molecule has 6 atom stereocenters. The molecule has 0 radical (unpaired) electrons. The molecule has 0 bridgehead atoms. The first kappa shape index (κ1) is 7.89. The normalized spacial score (nSPS) is 67.0. The van der Waals surface area contributed by atoms with Gasteiger partial charge in [-0.1, -0.05) is 12.2 Å². The zero-order valence-electron chi connectivity index (χ0n) is 8.44. The number of ether oxygens (including phenoxy) is 1. The third-order valence-electron chi connectivity index (χ3n) is 5.43. The molecule has 1 N–H and O–H groups in total. The van der Waals surface area contributed by atoms with Gasteiger partial charge in [0, 0.05) is 18.4 Å². The molecule has 0 saturated heterocycles. The summed E-state index contributed by atoms with van der Waals surface area (Å²) in [6.07, 6.45) is 7.85. The zero-order valence-corrected chi connectivity index (χ0v) is 8.44. The van der Waals surface area contributed by atoms with Gasteiger partial charge in [-0.25, -0.2) is 0 Å². The molecule has 2 heteroatoms. The fourth-order valence-corrected chi connectivity index (χ4v) is 5.07. The van der Waals surface area contributed by atoms with E-state index in [1.807, 2.05) is 7.11 Å². The summed E-state index contributed by atoms with van der Waals surface area (Å²) >= 11 is 0. The Labute approximate surface area is 83.9 Å². The zero-order chi connectivity index (χ0) is 9.55. The lowest BCUT2D eigenvalue weighted by Gasteiger charge is -2.33. The predicted molar refractivity (Wildman–Crippen MR) is 51.6 cm³/mol. The van der Waals surface area contributed by atoms with Crippen molar-refractivity contribution >= 4 is 0 Å². The Morgan fingerprint density at radius 3 is 3.07 bits per heavy atom. The molecule has 4 aliphatic carbocycles. The van der Waals surface area contributed by atoms with Crippen molar-refractivity contribution in [1.82, 2.24) is 0 Å². The van der Waals surface area contributed by atoms with Crippen LogP contribution in [0.25, 0.3) is 0 Å². The topological polar surface area (TPSA) is 29.5 Å². The minimum absolute atomic E-state index is 0.0861. The number of methoxy groups -OCH3 is 1. The smallest absolute Gasteiger partial charge is 0.0873 e. The van der Waals surface area contributed by atoms with Gasteiger partial charge < -0.3 is 9.84 Å². The molecule has 14 heavy (non-hydrogen) atoms. The van der Waals surface area contributed by atoms with Crippen LogP contribution in [0.4, 0.5) is 0 Å². The SMILES string of the molecule is CO[C@]12[C@@H]3C=C[C@]14C[C@@H](O)C[C@@H]4C[C@@H]32. The van der Waals surface area contributed by atoms with E-state index in [9.17, 15) is 5.11 Å². The van der Waals surface area contributed by atoms with Crippen molar-refractivity contribution in [3.8, 4) is 0 Å². The second-order valence-corrected chi connectivity index (χ2v) is 5.56. The van der Waals surface area contributed by atoms with E-state index < -0.39 is 0 Å². The number of rotatable bonds is 1. The van der Waals surface area contributed by atoms with Crippen LogP contribution in [-0.2, 0) is 4.74 Å². The fraction of sp³-hybridized carbons (Fsp3) is 0.833. The molecule has 2 nitrogen and oxygen atoms in total. The van der Waals surface area contributed by atoms with E-state index in [2.05, 4.69) is 12.2 Å². The van der Waals surface area contributed by atoms with Crippen molar-refractivity contribution in [2.24, 2.45) is 23.2 Å². The summed E-state index contributed by atoms with van der Waals surface area (Å²) in [5.74, 6) is 2.14. The minimum Gasteiger partial charge on any atom is -0.393 e. The van der Waals surface area contributed by atoms with Gasteiger partial charge in [0.2, 0.25) is 0 Å². The van der Waals surface area contributed by atoms with Gasteiger partial charge in [-0.15, -0.1) is 0 Å². The lowest BCUT2D eigenvalue weighted by molar-refractivity contribution is -0.0179. The molecule has 0 amide bonds. The monoisotopic (exact) mass is 192 g/mol. The Balaban J connectivity index is 1.86. The molecule has 0 aromatic carbocycles. The van der Waals surface area contributed by atoms with Gasteiger partial charge in [0.25, 0.3) is 0 Å². The van der Waals surface area contributed by atoms with Crippen molar-refractivity contribution in [2.75, 3.05) is 7.11 Å². The highest BCUT2D eigenvalue weighted by molar-refractivity contribution is 5.44. The van der Waals surface area contributed by atoms with E-state index in [0.29, 0.717) is 11.8 Å². The van der Waals surface area contributed by atoms with Crippen LogP contribution in [0.2, 0.25) is 0 Å². The number of aliphatic hydroxyl groups is 1. The lowest BCUT2D eigenvalue weighted by Crippen LogP contribution is -2.36. The molecule has 76 valence electrons. The summed E-state index contributed by atoms with van der Waals surface area (Å²) in [5.41, 5.74) is 0.339. The molecule has 1 spiro atoms. The summed E-state index contributed by atoms with van der Waals surface area (Å²) in [6.45, 7) is 0. The molecule has 0 unspecified atom stereocenters. The summed E-state index contributed by atoms with van der Waals surface area (Å²) in [5, 5.41) is 9.81. The van der Waals surface area contributed by atoms with Crippen molar-refractivity contribution in [1.29, 1.82) is 0 Å². The van der Waals surface area contributed by atoms with Crippen LogP contribution in [-0.4, -0.2) is 23.9 Å². The molecule has 3 saturated carbocycles. The quantitative estimate of drug-likeness (QED) is 0.635. The summed E-state index contributed by atoms with van der Waals surface area (Å²) in [4.78, 5) is 0. The molecule has 4 rings (SSSR count). The van der Waals surface area contributed by atoms with Crippen LogP contribution in [0.15, 0.2) is 12.2 Å². The Kier molecular flexibility index (Phi) is 1.10. The average molecular weight is 192 g/mol. The van der Waals surface area contributed by atoms with Crippen molar-refractivity contribution < 1.29 is 9.84 Å². The van der Waals surface area contributed by atoms with Gasteiger partial charge in [0.05, 0.1) is 11.7 Å². The van der Waals surface area contributed by atoms with Gasteiger partial charge in [0.1, 0.15) is 0 Å². The molecular formula is C12H16O2. The van der Waals surface area contributed by atoms with Crippen molar-refractivity contribution in [3.63, 3.8) is 0 Å². The highest BCUT2D eigenvalue weighted by atomic mass is 16.5. The Bertz CT molecular complexity index is 337. The van der Waals surface area contributed by atoms with Crippen LogP contribution in [0.3, 0.4) is 0 Å². The van der Waals surface area contributed by atoms with Crippen LogP contribution >= 0.6 is 0 Å². The summed E-state index contributed by atoms with van der Waals surface area (Å²) in [6, 6.07) is 0. The third-order valence-corrected chi connectivity index (χ3v) is 5.43. The largest absolute Gasteiger partial charge is 0.393 e. The number of hydrogen-bond acceptors (Lipinski definition) is 2. The van der Waals surface area contributed by atoms with E-state index in [4.69, 9.17) is 4.74 Å². The summed E-state index contributed by atoms with van der Waals surface area (Å²) in [7, 11) is 1.86. The van der Waals surface area contributed by atoms with Gasteiger partial charge in [-0.3, -0.25) is 0 Å².